The van der Waals surface area contributed by atoms with E-state index in [2.05, 4.69) is 5.32 Å². The van der Waals surface area contributed by atoms with Crippen LogP contribution in [0.4, 0.5) is 0 Å². The van der Waals surface area contributed by atoms with E-state index in [1.165, 1.54) is 6.08 Å². The fourth-order valence-corrected chi connectivity index (χ4v) is 4.59. The Morgan fingerprint density at radius 1 is 0.735 bits per heavy atom. The first-order valence-corrected chi connectivity index (χ1v) is 16.8. The van der Waals surface area contributed by atoms with Crippen LogP contribution in [-0.4, -0.2) is 67.4 Å². The van der Waals surface area contributed by atoms with E-state index in [9.17, 15) is 24.0 Å². The van der Waals surface area contributed by atoms with Crippen LogP contribution >= 0.6 is 0 Å². The molecule has 49 heavy (non-hydrogen) atoms. The Kier molecular flexibility index (Phi) is 13.9. The summed E-state index contributed by atoms with van der Waals surface area (Å²) in [6.45, 7) is 21.8. The molecule has 0 bridgehead atoms. The molecule has 0 unspecified atom stereocenters. The highest BCUT2D eigenvalue weighted by molar-refractivity contribution is 5.78. The van der Waals surface area contributed by atoms with Crippen LogP contribution in [0.5, 0.6) is 0 Å². The third kappa shape index (κ3) is 12.1. The highest BCUT2D eigenvalue weighted by Crippen LogP contribution is 2.35. The molecule has 1 aromatic carbocycles. The number of allylic oxidation sites excluding steroid dienone is 1. The molecule has 0 radical (unpaired) electrons. The Labute approximate surface area is 291 Å². The third-order valence-electron chi connectivity index (χ3n) is 7.71. The minimum atomic E-state index is -1.38. The Morgan fingerprint density at radius 3 is 1.67 bits per heavy atom. The molecule has 11 nitrogen and oxygen atoms in total. The van der Waals surface area contributed by atoms with Crippen molar-refractivity contribution in [1.29, 1.82) is 0 Å². The van der Waals surface area contributed by atoms with E-state index >= 15 is 0 Å². The molecule has 1 saturated heterocycles. The standard InChI is InChI=1S/C38H57NO10/c1-23-18-14-15-19-24(23)25(20-16-17-21-40)39-30-29(49-34(44)38(11,12)13)28(48-33(43)37(8,9)10)27(47-32(42)36(5,6)7)26(46-30)22-45-31(41)35(2,3)4/h14-19,21,25-30,39H,20,22H2,1-13H3/b17-16+/t25-,26+,27-,28-,29+,30+/m0/s1. The molecule has 274 valence electrons. The first-order chi connectivity index (χ1) is 22.4. The highest BCUT2D eigenvalue weighted by atomic mass is 16.7. The molecule has 2 rings (SSSR count). The fourth-order valence-electron chi connectivity index (χ4n) is 4.59. The number of carbonyl (C=O) groups is 5. The van der Waals surface area contributed by atoms with Gasteiger partial charge in [0.05, 0.1) is 21.7 Å². The van der Waals surface area contributed by atoms with Crippen LogP contribution in [0.25, 0.3) is 0 Å². The Balaban J connectivity index is 2.82. The molecule has 6 atom stereocenters. The van der Waals surface area contributed by atoms with Crippen molar-refractivity contribution in [3.05, 3.63) is 47.5 Å². The summed E-state index contributed by atoms with van der Waals surface area (Å²) >= 11 is 0. The van der Waals surface area contributed by atoms with Crippen molar-refractivity contribution >= 4 is 30.2 Å². The van der Waals surface area contributed by atoms with Gasteiger partial charge in [-0.25, -0.2) is 0 Å². The lowest BCUT2D eigenvalue weighted by molar-refractivity contribution is -0.266. The normalized spacial score (nSPS) is 22.6. The van der Waals surface area contributed by atoms with E-state index in [4.69, 9.17) is 23.7 Å². The largest absolute Gasteiger partial charge is 0.462 e. The van der Waals surface area contributed by atoms with E-state index in [0.29, 0.717) is 12.7 Å². The van der Waals surface area contributed by atoms with Crippen LogP contribution in [0.1, 0.15) is 107 Å². The second kappa shape index (κ2) is 16.4. The van der Waals surface area contributed by atoms with Gasteiger partial charge in [-0.3, -0.25) is 29.3 Å². The molecule has 1 aliphatic rings. The van der Waals surface area contributed by atoms with E-state index in [1.807, 2.05) is 31.2 Å². The second-order valence-electron chi connectivity index (χ2n) is 16.7. The third-order valence-corrected chi connectivity index (χ3v) is 7.71. The predicted molar refractivity (Wildman–Crippen MR) is 184 cm³/mol. The molecule has 11 heteroatoms. The summed E-state index contributed by atoms with van der Waals surface area (Å²) < 4.78 is 30.6. The van der Waals surface area contributed by atoms with Gasteiger partial charge in [-0.05, 0) is 114 Å². The second-order valence-corrected chi connectivity index (χ2v) is 16.7. The number of aryl methyl sites for hydroxylation is 1. The topological polar surface area (TPSA) is 144 Å². The summed E-state index contributed by atoms with van der Waals surface area (Å²) in [7, 11) is 0. The van der Waals surface area contributed by atoms with E-state index < -0.39 is 82.2 Å². The van der Waals surface area contributed by atoms with Gasteiger partial charge in [0, 0.05) is 6.04 Å². The number of aldehydes is 1. The lowest BCUT2D eigenvalue weighted by Gasteiger charge is -2.47. The summed E-state index contributed by atoms with van der Waals surface area (Å²) in [6.07, 6.45) is -2.27. The maximum Gasteiger partial charge on any atom is 0.311 e. The highest BCUT2D eigenvalue weighted by Gasteiger charge is 2.55. The van der Waals surface area contributed by atoms with Crippen LogP contribution in [0.2, 0.25) is 0 Å². The number of esters is 4. The molecular formula is C38H57NO10. The van der Waals surface area contributed by atoms with E-state index in [1.54, 1.807) is 89.2 Å². The Hall–Kier alpha value is -3.57. The Bertz CT molecular complexity index is 1360. The Morgan fingerprint density at radius 2 is 1.20 bits per heavy atom. The van der Waals surface area contributed by atoms with Gasteiger partial charge in [0.1, 0.15) is 19.0 Å². The SMILES string of the molecule is Cc1ccccc1[C@H](C/C=C/C=O)N[C@@H]1O[C@H](COC(=O)C(C)(C)C)[C@H](OC(=O)C(C)(C)C)[C@H](OC(=O)C(C)(C)C)[C@H]1OC(=O)C(C)(C)C. The van der Waals surface area contributed by atoms with Gasteiger partial charge in [-0.2, -0.15) is 0 Å². The van der Waals surface area contributed by atoms with Gasteiger partial charge in [-0.15, -0.1) is 0 Å². The number of ether oxygens (including phenoxy) is 5. The van der Waals surface area contributed by atoms with Crippen molar-refractivity contribution in [2.75, 3.05) is 6.61 Å². The summed E-state index contributed by atoms with van der Waals surface area (Å²) in [5, 5.41) is 3.43. The van der Waals surface area contributed by atoms with Crippen LogP contribution in [0.15, 0.2) is 36.4 Å². The molecule has 1 aliphatic heterocycles. The van der Waals surface area contributed by atoms with Gasteiger partial charge in [0.25, 0.3) is 0 Å². The molecule has 1 fully saturated rings. The molecule has 0 saturated carbocycles. The molecule has 0 amide bonds. The monoisotopic (exact) mass is 687 g/mol. The van der Waals surface area contributed by atoms with E-state index in [0.717, 1.165) is 11.1 Å². The van der Waals surface area contributed by atoms with Gasteiger partial charge in [0.15, 0.2) is 24.5 Å². The first kappa shape index (κ1) is 41.6. The van der Waals surface area contributed by atoms with Crippen LogP contribution in [-0.2, 0) is 47.7 Å². The lowest BCUT2D eigenvalue weighted by Crippen LogP contribution is -2.66. The summed E-state index contributed by atoms with van der Waals surface area (Å²) in [5.74, 6) is -2.41. The van der Waals surface area contributed by atoms with Gasteiger partial charge < -0.3 is 23.7 Å². The van der Waals surface area contributed by atoms with Crippen molar-refractivity contribution in [3.63, 3.8) is 0 Å². The molecule has 0 spiro atoms. The number of benzene rings is 1. The predicted octanol–water partition coefficient (Wildman–Crippen LogP) is 5.96. The number of hydrogen-bond acceptors (Lipinski definition) is 11. The van der Waals surface area contributed by atoms with Crippen LogP contribution in [0, 0.1) is 28.6 Å². The smallest absolute Gasteiger partial charge is 0.311 e. The van der Waals surface area contributed by atoms with Gasteiger partial charge in [-0.1, -0.05) is 30.3 Å². The molecule has 1 N–H and O–H groups in total. The molecule has 0 aromatic heterocycles. The molecule has 0 aliphatic carbocycles. The number of carbonyl (C=O) groups excluding carboxylic acids is 5. The zero-order valence-electron chi connectivity index (χ0n) is 31.5. The van der Waals surface area contributed by atoms with Crippen molar-refractivity contribution in [2.45, 2.75) is 133 Å². The summed E-state index contributed by atoms with van der Waals surface area (Å²) in [4.78, 5) is 64.7. The summed E-state index contributed by atoms with van der Waals surface area (Å²) in [5.41, 5.74) is -1.96. The van der Waals surface area contributed by atoms with E-state index in [-0.39, 0.29) is 6.61 Å². The number of hydrogen-bond donors (Lipinski definition) is 1. The average Bonchev–Trinajstić information content (AvgIpc) is 2.96. The zero-order chi connectivity index (χ0) is 37.5. The number of nitrogens with one attached hydrogen (secondary N) is 1. The first-order valence-electron chi connectivity index (χ1n) is 16.8. The average molecular weight is 688 g/mol. The molecule has 1 heterocycles. The summed E-state index contributed by atoms with van der Waals surface area (Å²) in [6, 6.07) is 7.16. The minimum Gasteiger partial charge on any atom is -0.462 e. The maximum absolute atomic E-state index is 13.6. The number of rotatable bonds is 11. The molecular weight excluding hydrogens is 630 g/mol. The molecule has 1 aromatic rings. The fraction of sp³-hybridized carbons (Fsp3) is 0.658. The van der Waals surface area contributed by atoms with Crippen molar-refractivity contribution in [1.82, 2.24) is 5.32 Å². The van der Waals surface area contributed by atoms with Crippen LogP contribution < -0.4 is 5.32 Å². The quantitative estimate of drug-likeness (QED) is 0.127. The lowest BCUT2D eigenvalue weighted by atomic mass is 9.91. The van der Waals surface area contributed by atoms with Crippen molar-refractivity contribution < 1.29 is 47.7 Å². The van der Waals surface area contributed by atoms with Crippen molar-refractivity contribution in [2.24, 2.45) is 21.7 Å². The van der Waals surface area contributed by atoms with Gasteiger partial charge in [0.2, 0.25) is 0 Å². The minimum absolute atomic E-state index is 0.335. The van der Waals surface area contributed by atoms with Crippen LogP contribution in [0.3, 0.4) is 0 Å². The maximum atomic E-state index is 13.6. The zero-order valence-corrected chi connectivity index (χ0v) is 31.5. The van der Waals surface area contributed by atoms with Gasteiger partial charge >= 0.3 is 23.9 Å². The van der Waals surface area contributed by atoms with Crippen molar-refractivity contribution in [3.8, 4) is 0 Å².